The molecule has 1 aromatic heterocycles. The van der Waals surface area contributed by atoms with Crippen LogP contribution >= 0.6 is 0 Å². The molecule has 0 amide bonds. The summed E-state index contributed by atoms with van der Waals surface area (Å²) in [5.74, 6) is 1.45. The van der Waals surface area contributed by atoms with Crippen molar-refractivity contribution in [3.63, 3.8) is 0 Å². The fraction of sp³-hybridized carbons (Fsp3) is 0.769. The summed E-state index contributed by atoms with van der Waals surface area (Å²) in [7, 11) is 0. The zero-order valence-electron chi connectivity index (χ0n) is 11.1. The van der Waals surface area contributed by atoms with Crippen molar-refractivity contribution in [2.75, 3.05) is 13.2 Å². The van der Waals surface area contributed by atoms with Gasteiger partial charge in [0.1, 0.15) is 5.76 Å². The van der Waals surface area contributed by atoms with Crippen molar-refractivity contribution in [1.29, 1.82) is 0 Å². The first-order valence-corrected chi connectivity index (χ1v) is 6.42. The van der Waals surface area contributed by atoms with Gasteiger partial charge in [0.05, 0.1) is 5.69 Å². The summed E-state index contributed by atoms with van der Waals surface area (Å²) in [6.07, 6.45) is 3.20. The van der Waals surface area contributed by atoms with Crippen LogP contribution in [0.2, 0.25) is 0 Å². The molecule has 0 fully saturated rings. The molecule has 1 aromatic rings. The molecule has 1 heterocycles. The van der Waals surface area contributed by atoms with Gasteiger partial charge in [-0.25, -0.2) is 0 Å². The average Bonchev–Trinajstić information content (AvgIpc) is 2.61. The quantitative estimate of drug-likeness (QED) is 0.731. The summed E-state index contributed by atoms with van der Waals surface area (Å²) in [4.78, 5) is 0. The summed E-state index contributed by atoms with van der Waals surface area (Å²) < 4.78 is 5.12. The second kappa shape index (κ2) is 7.45. The van der Waals surface area contributed by atoms with Crippen LogP contribution < -0.4 is 5.32 Å². The Morgan fingerprint density at radius 2 is 2.12 bits per heavy atom. The molecule has 4 heteroatoms. The molecule has 0 aliphatic heterocycles. The highest BCUT2D eigenvalue weighted by molar-refractivity contribution is 5.20. The molecule has 98 valence electrons. The summed E-state index contributed by atoms with van der Waals surface area (Å²) in [5, 5.41) is 16.3. The van der Waals surface area contributed by atoms with E-state index in [-0.39, 0.29) is 6.61 Å². The van der Waals surface area contributed by atoms with Gasteiger partial charge in [-0.05, 0) is 39.2 Å². The van der Waals surface area contributed by atoms with Crippen molar-refractivity contribution >= 4 is 0 Å². The maximum atomic E-state index is 8.98. The molecule has 2 N–H and O–H groups in total. The van der Waals surface area contributed by atoms with Gasteiger partial charge in [-0.15, -0.1) is 0 Å². The highest BCUT2D eigenvalue weighted by Gasteiger charge is 2.10. The van der Waals surface area contributed by atoms with E-state index in [0.717, 1.165) is 49.4 Å². The number of aliphatic hydroxyl groups excluding tert-OH is 1. The van der Waals surface area contributed by atoms with Gasteiger partial charge in [-0.2, -0.15) is 0 Å². The second-order valence-electron chi connectivity index (χ2n) is 4.60. The maximum absolute atomic E-state index is 8.98. The van der Waals surface area contributed by atoms with Crippen LogP contribution in [0.25, 0.3) is 0 Å². The van der Waals surface area contributed by atoms with E-state index in [2.05, 4.69) is 17.4 Å². The van der Waals surface area contributed by atoms with Gasteiger partial charge in [-0.1, -0.05) is 18.5 Å². The molecule has 1 unspecified atom stereocenters. The van der Waals surface area contributed by atoms with Crippen LogP contribution in [-0.4, -0.2) is 23.4 Å². The molecule has 1 atom stereocenters. The van der Waals surface area contributed by atoms with Crippen molar-refractivity contribution in [1.82, 2.24) is 10.5 Å². The Morgan fingerprint density at radius 1 is 1.35 bits per heavy atom. The Balaban J connectivity index is 2.35. The Kier molecular flexibility index (Phi) is 6.22. The lowest BCUT2D eigenvalue weighted by Crippen LogP contribution is -2.23. The molecule has 4 nitrogen and oxygen atoms in total. The molecular weight excluding hydrogens is 216 g/mol. The molecule has 17 heavy (non-hydrogen) atoms. The first kappa shape index (κ1) is 14.2. The monoisotopic (exact) mass is 240 g/mol. The molecule has 1 rings (SSSR count). The number of nitrogens with zero attached hydrogens (tertiary/aromatic N) is 1. The number of rotatable bonds is 8. The summed E-state index contributed by atoms with van der Waals surface area (Å²) in [5.41, 5.74) is 2.12. The summed E-state index contributed by atoms with van der Waals surface area (Å²) >= 11 is 0. The Bertz CT molecular complexity index is 298. The molecule has 0 aliphatic rings. The van der Waals surface area contributed by atoms with E-state index in [0.29, 0.717) is 5.92 Å². The smallest absolute Gasteiger partial charge is 0.138 e. The van der Waals surface area contributed by atoms with Crippen LogP contribution in [0.15, 0.2) is 4.52 Å². The number of hydrogen-bond donors (Lipinski definition) is 2. The van der Waals surface area contributed by atoms with Crippen molar-refractivity contribution in [2.24, 2.45) is 5.92 Å². The van der Waals surface area contributed by atoms with Crippen LogP contribution in [0.1, 0.15) is 43.2 Å². The van der Waals surface area contributed by atoms with E-state index >= 15 is 0 Å². The van der Waals surface area contributed by atoms with Gasteiger partial charge in [0, 0.05) is 18.7 Å². The molecule has 0 bridgehead atoms. The molecular formula is C13H24N2O2. The van der Waals surface area contributed by atoms with Crippen molar-refractivity contribution in [3.8, 4) is 0 Å². The second-order valence-corrected chi connectivity index (χ2v) is 4.60. The molecule has 0 radical (unpaired) electrons. The standard InChI is InChI=1S/C13H24N2O2/c1-4-5-12(6-7-16)8-14-9-13-10(2)15-17-11(13)3/h12,14,16H,4-9H2,1-3H3. The van der Waals surface area contributed by atoms with Crippen LogP contribution in [0.5, 0.6) is 0 Å². The summed E-state index contributed by atoms with van der Waals surface area (Å²) in [6.45, 7) is 8.10. The third kappa shape index (κ3) is 4.48. The molecule has 0 spiro atoms. The third-order valence-corrected chi connectivity index (χ3v) is 3.15. The topological polar surface area (TPSA) is 58.3 Å². The fourth-order valence-electron chi connectivity index (χ4n) is 2.09. The first-order chi connectivity index (χ1) is 8.19. The molecule has 0 saturated carbocycles. The Morgan fingerprint density at radius 3 is 2.65 bits per heavy atom. The van der Waals surface area contributed by atoms with Gasteiger partial charge in [0.2, 0.25) is 0 Å². The molecule has 0 aromatic carbocycles. The SMILES string of the molecule is CCCC(CCO)CNCc1c(C)noc1C. The van der Waals surface area contributed by atoms with Crippen molar-refractivity contribution in [2.45, 2.75) is 46.6 Å². The average molecular weight is 240 g/mol. The van der Waals surface area contributed by atoms with Crippen LogP contribution in [-0.2, 0) is 6.54 Å². The lowest BCUT2D eigenvalue weighted by molar-refractivity contribution is 0.248. The number of nitrogens with one attached hydrogen (secondary N) is 1. The van der Waals surface area contributed by atoms with Gasteiger partial charge in [0.15, 0.2) is 0 Å². The zero-order chi connectivity index (χ0) is 12.7. The number of aliphatic hydroxyl groups is 1. The van der Waals surface area contributed by atoms with E-state index in [1.54, 1.807) is 0 Å². The largest absolute Gasteiger partial charge is 0.396 e. The minimum absolute atomic E-state index is 0.275. The maximum Gasteiger partial charge on any atom is 0.138 e. The lowest BCUT2D eigenvalue weighted by Gasteiger charge is -2.15. The van der Waals surface area contributed by atoms with E-state index in [1.807, 2.05) is 13.8 Å². The van der Waals surface area contributed by atoms with E-state index in [4.69, 9.17) is 9.63 Å². The first-order valence-electron chi connectivity index (χ1n) is 6.42. The predicted molar refractivity (Wildman–Crippen MR) is 67.8 cm³/mol. The Labute approximate surface area is 103 Å². The van der Waals surface area contributed by atoms with Crippen LogP contribution in [0.4, 0.5) is 0 Å². The van der Waals surface area contributed by atoms with Gasteiger partial charge in [-0.3, -0.25) is 0 Å². The fourth-order valence-corrected chi connectivity index (χ4v) is 2.09. The third-order valence-electron chi connectivity index (χ3n) is 3.15. The van der Waals surface area contributed by atoms with Gasteiger partial charge < -0.3 is 14.9 Å². The minimum atomic E-state index is 0.275. The Hall–Kier alpha value is -0.870. The van der Waals surface area contributed by atoms with Crippen LogP contribution in [0.3, 0.4) is 0 Å². The normalized spacial score (nSPS) is 12.9. The van der Waals surface area contributed by atoms with Crippen molar-refractivity contribution < 1.29 is 9.63 Å². The van der Waals surface area contributed by atoms with E-state index in [9.17, 15) is 0 Å². The number of aromatic nitrogens is 1. The number of aryl methyl sites for hydroxylation is 2. The van der Waals surface area contributed by atoms with E-state index < -0.39 is 0 Å². The van der Waals surface area contributed by atoms with Crippen molar-refractivity contribution in [3.05, 3.63) is 17.0 Å². The summed E-state index contributed by atoms with van der Waals surface area (Å²) in [6, 6.07) is 0. The van der Waals surface area contributed by atoms with Gasteiger partial charge >= 0.3 is 0 Å². The lowest BCUT2D eigenvalue weighted by atomic mass is 10.00. The highest BCUT2D eigenvalue weighted by Crippen LogP contribution is 2.13. The molecule has 0 aliphatic carbocycles. The predicted octanol–water partition coefficient (Wildman–Crippen LogP) is 2.18. The number of hydrogen-bond acceptors (Lipinski definition) is 4. The highest BCUT2D eigenvalue weighted by atomic mass is 16.5. The van der Waals surface area contributed by atoms with Crippen LogP contribution in [0, 0.1) is 19.8 Å². The van der Waals surface area contributed by atoms with E-state index in [1.165, 1.54) is 0 Å². The van der Waals surface area contributed by atoms with Gasteiger partial charge in [0.25, 0.3) is 0 Å². The molecule has 0 saturated heterocycles. The zero-order valence-corrected chi connectivity index (χ0v) is 11.1. The minimum Gasteiger partial charge on any atom is -0.396 e.